The van der Waals surface area contributed by atoms with Gasteiger partial charge in [0.15, 0.2) is 0 Å². The van der Waals surface area contributed by atoms with Gasteiger partial charge in [-0.15, -0.1) is 0 Å². The van der Waals surface area contributed by atoms with Crippen molar-refractivity contribution >= 4 is 40.2 Å². The van der Waals surface area contributed by atoms with E-state index in [9.17, 15) is 14.3 Å². The third-order valence-electron chi connectivity index (χ3n) is 3.72. The summed E-state index contributed by atoms with van der Waals surface area (Å²) in [5.74, 6) is -0.370. The summed E-state index contributed by atoms with van der Waals surface area (Å²) >= 11 is 5.74. The zero-order valence-electron chi connectivity index (χ0n) is 14.0. The number of benzene rings is 2. The molecular formula is C18H18ClFN4O2. The highest BCUT2D eigenvalue weighted by atomic mass is 35.5. The van der Waals surface area contributed by atoms with Gasteiger partial charge in [-0.3, -0.25) is 4.79 Å². The molecule has 0 saturated carbocycles. The van der Waals surface area contributed by atoms with Gasteiger partial charge in [0.05, 0.1) is 22.2 Å². The molecule has 136 valence electrons. The largest absolute Gasteiger partial charge is 0.392 e. The number of aliphatic hydroxyl groups excluding tert-OH is 1. The molecule has 0 aliphatic rings. The number of halogens is 2. The summed E-state index contributed by atoms with van der Waals surface area (Å²) in [6.07, 6.45) is -0.557. The van der Waals surface area contributed by atoms with Crippen molar-refractivity contribution in [2.75, 3.05) is 17.2 Å². The van der Waals surface area contributed by atoms with E-state index in [-0.39, 0.29) is 17.5 Å². The zero-order chi connectivity index (χ0) is 18.7. The summed E-state index contributed by atoms with van der Waals surface area (Å²) < 4.78 is 15.0. The molecule has 8 heteroatoms. The Balaban J connectivity index is 1.82. The van der Waals surface area contributed by atoms with E-state index in [1.807, 2.05) is 24.3 Å². The van der Waals surface area contributed by atoms with Crippen molar-refractivity contribution < 1.29 is 14.3 Å². The van der Waals surface area contributed by atoms with Gasteiger partial charge >= 0.3 is 0 Å². The molecule has 6 nitrogen and oxygen atoms in total. The molecule has 0 radical (unpaired) electrons. The van der Waals surface area contributed by atoms with Crippen molar-refractivity contribution in [3.63, 3.8) is 0 Å². The summed E-state index contributed by atoms with van der Waals surface area (Å²) in [6.45, 7) is 1.96. The van der Waals surface area contributed by atoms with Crippen LogP contribution in [0.3, 0.4) is 0 Å². The predicted molar refractivity (Wildman–Crippen MR) is 99.9 cm³/mol. The smallest absolute Gasteiger partial charge is 0.244 e. The molecule has 3 rings (SSSR count). The molecule has 26 heavy (non-hydrogen) atoms. The van der Waals surface area contributed by atoms with Gasteiger partial charge in [0.2, 0.25) is 11.9 Å². The number of nitrogens with zero attached hydrogens (tertiary/aromatic N) is 2. The summed E-state index contributed by atoms with van der Waals surface area (Å²) in [7, 11) is 0. The van der Waals surface area contributed by atoms with E-state index in [4.69, 9.17) is 11.6 Å². The van der Waals surface area contributed by atoms with E-state index >= 15 is 0 Å². The lowest BCUT2D eigenvalue weighted by molar-refractivity contribution is -0.116. The predicted octanol–water partition coefficient (Wildman–Crippen LogP) is 3.26. The molecule has 1 aromatic heterocycles. The number of anilines is 2. The van der Waals surface area contributed by atoms with Gasteiger partial charge in [0.1, 0.15) is 12.4 Å². The Labute approximate surface area is 154 Å². The highest BCUT2D eigenvalue weighted by Gasteiger charge is 2.14. The van der Waals surface area contributed by atoms with Crippen molar-refractivity contribution in [3.05, 3.63) is 53.3 Å². The van der Waals surface area contributed by atoms with Crippen LogP contribution >= 0.6 is 11.6 Å². The number of nitrogens with one attached hydrogen (secondary N) is 2. The van der Waals surface area contributed by atoms with Gasteiger partial charge in [-0.1, -0.05) is 23.7 Å². The summed E-state index contributed by atoms with van der Waals surface area (Å²) in [6, 6.07) is 11.4. The van der Waals surface area contributed by atoms with E-state index in [1.54, 1.807) is 11.5 Å². The summed E-state index contributed by atoms with van der Waals surface area (Å²) in [4.78, 5) is 16.9. The molecule has 1 amide bonds. The molecule has 3 N–H and O–H groups in total. The zero-order valence-corrected chi connectivity index (χ0v) is 14.8. The Morgan fingerprint density at radius 3 is 2.85 bits per heavy atom. The monoisotopic (exact) mass is 376 g/mol. The molecule has 0 fully saturated rings. The van der Waals surface area contributed by atoms with Crippen LogP contribution < -0.4 is 10.6 Å². The highest BCUT2D eigenvalue weighted by molar-refractivity contribution is 6.31. The minimum Gasteiger partial charge on any atom is -0.392 e. The van der Waals surface area contributed by atoms with Crippen LogP contribution in [0.1, 0.15) is 6.92 Å². The Hall–Kier alpha value is -2.64. The average Bonchev–Trinajstić information content (AvgIpc) is 2.94. The first-order valence-electron chi connectivity index (χ1n) is 8.06. The lowest BCUT2D eigenvalue weighted by Crippen LogP contribution is -2.22. The second-order valence-electron chi connectivity index (χ2n) is 5.92. The van der Waals surface area contributed by atoms with Crippen molar-refractivity contribution in [1.82, 2.24) is 9.55 Å². The Morgan fingerprint density at radius 2 is 2.12 bits per heavy atom. The highest BCUT2D eigenvalue weighted by Crippen LogP contribution is 2.21. The summed E-state index contributed by atoms with van der Waals surface area (Å²) in [5.41, 5.74) is 1.93. The van der Waals surface area contributed by atoms with E-state index in [1.165, 1.54) is 18.2 Å². The number of imidazole rings is 1. The van der Waals surface area contributed by atoms with Crippen molar-refractivity contribution in [1.29, 1.82) is 0 Å². The van der Waals surface area contributed by atoms with E-state index in [0.717, 1.165) is 11.0 Å². The Bertz CT molecular complexity index is 942. The van der Waals surface area contributed by atoms with Crippen LogP contribution in [0.2, 0.25) is 5.02 Å². The minimum atomic E-state index is -0.557. The molecule has 2 aromatic carbocycles. The lowest BCUT2D eigenvalue weighted by atomic mass is 10.3. The molecule has 0 aliphatic carbocycles. The number of aromatic nitrogens is 2. The van der Waals surface area contributed by atoms with E-state index < -0.39 is 11.9 Å². The van der Waals surface area contributed by atoms with Gasteiger partial charge in [0, 0.05) is 12.2 Å². The standard InChI is InChI=1S/C18H18ClFN4O2/c1-11(25)9-21-18-23-15-4-2-3-5-16(15)24(18)10-17(26)22-12-6-7-14(20)13(19)8-12/h2-8,11,25H,9-10H2,1H3,(H,21,23)(H,22,26)/t11-/m0/s1. The van der Waals surface area contributed by atoms with Crippen LogP contribution in [0.4, 0.5) is 16.0 Å². The molecule has 0 spiro atoms. The fraction of sp³-hybridized carbons (Fsp3) is 0.222. The van der Waals surface area contributed by atoms with Gasteiger partial charge in [-0.05, 0) is 37.3 Å². The molecule has 0 saturated heterocycles. The number of hydrogen-bond donors (Lipinski definition) is 3. The number of para-hydroxylation sites is 2. The first-order chi connectivity index (χ1) is 12.4. The lowest BCUT2D eigenvalue weighted by Gasteiger charge is -2.12. The van der Waals surface area contributed by atoms with Crippen molar-refractivity contribution in [3.8, 4) is 0 Å². The second kappa shape index (κ2) is 7.72. The van der Waals surface area contributed by atoms with Crippen molar-refractivity contribution in [2.45, 2.75) is 19.6 Å². The van der Waals surface area contributed by atoms with Gasteiger partial charge in [0.25, 0.3) is 0 Å². The number of rotatable bonds is 6. The molecule has 0 unspecified atom stereocenters. The quantitative estimate of drug-likeness (QED) is 0.617. The van der Waals surface area contributed by atoms with Crippen LogP contribution in [-0.2, 0) is 11.3 Å². The molecular weight excluding hydrogens is 359 g/mol. The molecule has 0 bridgehead atoms. The Morgan fingerprint density at radius 1 is 1.35 bits per heavy atom. The number of aliphatic hydroxyl groups is 1. The maximum Gasteiger partial charge on any atom is 0.244 e. The first kappa shape index (κ1) is 18.2. The van der Waals surface area contributed by atoms with Crippen LogP contribution in [-0.4, -0.2) is 33.2 Å². The fourth-order valence-corrected chi connectivity index (χ4v) is 2.71. The van der Waals surface area contributed by atoms with Crippen LogP contribution in [0, 0.1) is 5.82 Å². The third-order valence-corrected chi connectivity index (χ3v) is 4.00. The average molecular weight is 377 g/mol. The fourth-order valence-electron chi connectivity index (χ4n) is 2.53. The van der Waals surface area contributed by atoms with Gasteiger partial charge in [-0.25, -0.2) is 9.37 Å². The number of hydrogen-bond acceptors (Lipinski definition) is 4. The number of fused-ring (bicyclic) bond motifs is 1. The molecule has 1 atom stereocenters. The van der Waals surface area contributed by atoms with E-state index in [2.05, 4.69) is 15.6 Å². The maximum atomic E-state index is 13.2. The topological polar surface area (TPSA) is 79.2 Å². The maximum absolute atomic E-state index is 13.2. The van der Waals surface area contributed by atoms with Gasteiger partial charge in [-0.2, -0.15) is 0 Å². The third kappa shape index (κ3) is 4.12. The Kier molecular flexibility index (Phi) is 5.39. The van der Waals surface area contributed by atoms with Crippen LogP contribution in [0.15, 0.2) is 42.5 Å². The molecule has 0 aliphatic heterocycles. The minimum absolute atomic E-state index is 0.00233. The SMILES string of the molecule is C[C@H](O)CNc1nc2ccccc2n1CC(=O)Nc1ccc(F)c(Cl)c1. The number of amides is 1. The molecule has 3 aromatic rings. The number of carbonyl (C=O) groups excluding carboxylic acids is 1. The van der Waals surface area contributed by atoms with Crippen LogP contribution in [0.25, 0.3) is 11.0 Å². The van der Waals surface area contributed by atoms with Crippen LogP contribution in [0.5, 0.6) is 0 Å². The van der Waals surface area contributed by atoms with Gasteiger partial charge < -0.3 is 20.3 Å². The number of carbonyl (C=O) groups is 1. The second-order valence-corrected chi connectivity index (χ2v) is 6.32. The van der Waals surface area contributed by atoms with E-state index in [0.29, 0.717) is 18.2 Å². The first-order valence-corrected chi connectivity index (χ1v) is 8.44. The summed E-state index contributed by atoms with van der Waals surface area (Å²) in [5, 5.41) is 15.2. The van der Waals surface area contributed by atoms with Crippen molar-refractivity contribution in [2.24, 2.45) is 0 Å². The normalized spacial score (nSPS) is 12.2. The molecule has 1 heterocycles.